The molecule has 0 radical (unpaired) electrons. The molecule has 90 valence electrons. The standard InChI is InChI=1S/C12H26N2O/c1-10-5-3-6-12(9-13,11(10)2)14-7-4-8-15/h10-11,14-15H,3-9,13H2,1-2H3. The normalized spacial score (nSPS) is 36.8. The van der Waals surface area contributed by atoms with Crippen LogP contribution in [0.3, 0.4) is 0 Å². The molecule has 3 heteroatoms. The van der Waals surface area contributed by atoms with Crippen LogP contribution in [0, 0.1) is 11.8 Å². The molecule has 3 unspecified atom stereocenters. The van der Waals surface area contributed by atoms with Gasteiger partial charge in [-0.05, 0) is 31.2 Å². The fourth-order valence-electron chi connectivity index (χ4n) is 2.79. The minimum absolute atomic E-state index is 0.118. The summed E-state index contributed by atoms with van der Waals surface area (Å²) in [4.78, 5) is 0. The first-order valence-corrected chi connectivity index (χ1v) is 6.22. The molecule has 4 N–H and O–H groups in total. The Kier molecular flexibility index (Phi) is 5.03. The zero-order chi connectivity index (χ0) is 11.3. The van der Waals surface area contributed by atoms with Gasteiger partial charge in [-0.1, -0.05) is 26.7 Å². The summed E-state index contributed by atoms with van der Waals surface area (Å²) >= 11 is 0. The molecule has 0 saturated heterocycles. The van der Waals surface area contributed by atoms with Gasteiger partial charge in [0.1, 0.15) is 0 Å². The number of rotatable bonds is 5. The van der Waals surface area contributed by atoms with Crippen molar-refractivity contribution >= 4 is 0 Å². The maximum Gasteiger partial charge on any atom is 0.0443 e. The molecule has 1 aliphatic rings. The molecule has 0 aromatic rings. The molecule has 15 heavy (non-hydrogen) atoms. The fraction of sp³-hybridized carbons (Fsp3) is 1.00. The third kappa shape index (κ3) is 2.92. The second-order valence-corrected chi connectivity index (χ2v) is 5.02. The number of aliphatic hydroxyl groups is 1. The largest absolute Gasteiger partial charge is 0.396 e. The van der Waals surface area contributed by atoms with E-state index in [-0.39, 0.29) is 12.1 Å². The average molecular weight is 214 g/mol. The van der Waals surface area contributed by atoms with E-state index in [1.54, 1.807) is 0 Å². The van der Waals surface area contributed by atoms with E-state index in [4.69, 9.17) is 10.8 Å². The van der Waals surface area contributed by atoms with Crippen LogP contribution in [0.1, 0.15) is 39.5 Å². The van der Waals surface area contributed by atoms with Crippen LogP contribution < -0.4 is 11.1 Å². The Morgan fingerprint density at radius 1 is 1.47 bits per heavy atom. The smallest absolute Gasteiger partial charge is 0.0443 e. The zero-order valence-corrected chi connectivity index (χ0v) is 10.1. The van der Waals surface area contributed by atoms with Gasteiger partial charge in [-0.3, -0.25) is 0 Å². The highest BCUT2D eigenvalue weighted by Gasteiger charge is 2.39. The molecule has 3 nitrogen and oxygen atoms in total. The quantitative estimate of drug-likeness (QED) is 0.601. The van der Waals surface area contributed by atoms with Gasteiger partial charge in [0.15, 0.2) is 0 Å². The van der Waals surface area contributed by atoms with Crippen LogP contribution in [0.2, 0.25) is 0 Å². The molecular weight excluding hydrogens is 188 g/mol. The van der Waals surface area contributed by atoms with E-state index in [9.17, 15) is 0 Å². The third-order valence-corrected chi connectivity index (χ3v) is 4.18. The third-order valence-electron chi connectivity index (χ3n) is 4.18. The minimum Gasteiger partial charge on any atom is -0.396 e. The highest BCUT2D eigenvalue weighted by Crippen LogP contribution is 2.36. The van der Waals surface area contributed by atoms with Crippen molar-refractivity contribution in [2.24, 2.45) is 17.6 Å². The Balaban J connectivity index is 2.56. The van der Waals surface area contributed by atoms with Gasteiger partial charge in [-0.2, -0.15) is 0 Å². The Morgan fingerprint density at radius 2 is 2.20 bits per heavy atom. The molecule has 0 bridgehead atoms. The molecule has 3 atom stereocenters. The molecule has 0 aliphatic heterocycles. The van der Waals surface area contributed by atoms with Crippen molar-refractivity contribution in [2.75, 3.05) is 19.7 Å². The molecule has 0 aromatic carbocycles. The van der Waals surface area contributed by atoms with E-state index in [0.29, 0.717) is 12.5 Å². The van der Waals surface area contributed by atoms with Gasteiger partial charge >= 0.3 is 0 Å². The molecular formula is C12H26N2O. The van der Waals surface area contributed by atoms with Gasteiger partial charge < -0.3 is 16.2 Å². The van der Waals surface area contributed by atoms with Gasteiger partial charge in [0.2, 0.25) is 0 Å². The Bertz CT molecular complexity index is 186. The van der Waals surface area contributed by atoms with E-state index in [1.165, 1.54) is 19.3 Å². The Labute approximate surface area is 93.4 Å². The van der Waals surface area contributed by atoms with Crippen molar-refractivity contribution in [3.63, 3.8) is 0 Å². The summed E-state index contributed by atoms with van der Waals surface area (Å²) in [6.07, 6.45) is 4.60. The summed E-state index contributed by atoms with van der Waals surface area (Å²) in [7, 11) is 0. The lowest BCUT2D eigenvalue weighted by Crippen LogP contribution is -2.59. The minimum atomic E-state index is 0.118. The molecule has 1 aliphatic carbocycles. The molecule has 1 rings (SSSR count). The summed E-state index contributed by atoms with van der Waals surface area (Å²) in [5, 5.41) is 12.4. The summed E-state index contributed by atoms with van der Waals surface area (Å²) in [6, 6.07) is 0. The van der Waals surface area contributed by atoms with Crippen LogP contribution in [0.5, 0.6) is 0 Å². The highest BCUT2D eigenvalue weighted by molar-refractivity contribution is 4.98. The number of nitrogens with two attached hydrogens (primary N) is 1. The van der Waals surface area contributed by atoms with E-state index >= 15 is 0 Å². The number of nitrogens with one attached hydrogen (secondary N) is 1. The second-order valence-electron chi connectivity index (χ2n) is 5.02. The topological polar surface area (TPSA) is 58.3 Å². The maximum absolute atomic E-state index is 8.80. The Hall–Kier alpha value is -0.120. The van der Waals surface area contributed by atoms with E-state index in [0.717, 1.165) is 18.9 Å². The fourth-order valence-corrected chi connectivity index (χ4v) is 2.79. The van der Waals surface area contributed by atoms with Crippen molar-refractivity contribution in [1.82, 2.24) is 5.32 Å². The second kappa shape index (κ2) is 5.83. The SMILES string of the molecule is CC1CCCC(CN)(NCCCO)C1C. The van der Waals surface area contributed by atoms with Crippen LogP contribution in [-0.2, 0) is 0 Å². The molecule has 0 heterocycles. The van der Waals surface area contributed by atoms with Gasteiger partial charge in [-0.15, -0.1) is 0 Å². The van der Waals surface area contributed by atoms with Crippen molar-refractivity contribution < 1.29 is 5.11 Å². The molecule has 1 saturated carbocycles. The van der Waals surface area contributed by atoms with Crippen molar-refractivity contribution in [3.8, 4) is 0 Å². The Morgan fingerprint density at radius 3 is 2.80 bits per heavy atom. The lowest BCUT2D eigenvalue weighted by Gasteiger charge is -2.46. The summed E-state index contributed by atoms with van der Waals surface area (Å²) in [6.45, 7) is 6.48. The number of aliphatic hydroxyl groups excluding tert-OH is 1. The van der Waals surface area contributed by atoms with Crippen molar-refractivity contribution in [1.29, 1.82) is 0 Å². The zero-order valence-electron chi connectivity index (χ0n) is 10.1. The number of hydrogen-bond donors (Lipinski definition) is 3. The van der Waals surface area contributed by atoms with Crippen LogP contribution in [-0.4, -0.2) is 30.3 Å². The number of hydrogen-bond acceptors (Lipinski definition) is 3. The lowest BCUT2D eigenvalue weighted by atomic mass is 9.68. The molecule has 0 amide bonds. The summed E-state index contributed by atoms with van der Waals surface area (Å²) < 4.78 is 0. The van der Waals surface area contributed by atoms with E-state index < -0.39 is 0 Å². The summed E-state index contributed by atoms with van der Waals surface area (Å²) in [5.74, 6) is 1.39. The maximum atomic E-state index is 8.80. The van der Waals surface area contributed by atoms with Crippen LogP contribution >= 0.6 is 0 Å². The predicted octanol–water partition coefficient (Wildman–Crippen LogP) is 1.11. The molecule has 0 aromatic heterocycles. The van der Waals surface area contributed by atoms with Crippen LogP contribution in [0.15, 0.2) is 0 Å². The van der Waals surface area contributed by atoms with Crippen molar-refractivity contribution in [2.45, 2.75) is 45.1 Å². The van der Waals surface area contributed by atoms with Gasteiger partial charge in [0, 0.05) is 18.7 Å². The molecule has 1 fully saturated rings. The van der Waals surface area contributed by atoms with E-state index in [2.05, 4.69) is 19.2 Å². The van der Waals surface area contributed by atoms with Crippen LogP contribution in [0.25, 0.3) is 0 Å². The van der Waals surface area contributed by atoms with E-state index in [1.807, 2.05) is 0 Å². The van der Waals surface area contributed by atoms with Gasteiger partial charge in [0.05, 0.1) is 0 Å². The first-order chi connectivity index (χ1) is 7.16. The first-order valence-electron chi connectivity index (χ1n) is 6.22. The molecule has 0 spiro atoms. The average Bonchev–Trinajstić information content (AvgIpc) is 2.25. The monoisotopic (exact) mass is 214 g/mol. The first kappa shape index (κ1) is 12.9. The predicted molar refractivity (Wildman–Crippen MR) is 63.7 cm³/mol. The summed E-state index contributed by atoms with van der Waals surface area (Å²) in [5.41, 5.74) is 6.07. The van der Waals surface area contributed by atoms with Crippen molar-refractivity contribution in [3.05, 3.63) is 0 Å². The highest BCUT2D eigenvalue weighted by atomic mass is 16.3. The van der Waals surface area contributed by atoms with Gasteiger partial charge in [-0.25, -0.2) is 0 Å². The van der Waals surface area contributed by atoms with Crippen LogP contribution in [0.4, 0.5) is 0 Å². The lowest BCUT2D eigenvalue weighted by molar-refractivity contribution is 0.109. The van der Waals surface area contributed by atoms with Gasteiger partial charge in [0.25, 0.3) is 0 Å².